The van der Waals surface area contributed by atoms with Crippen LogP contribution >= 0.6 is 11.3 Å². The van der Waals surface area contributed by atoms with Gasteiger partial charge in [-0.15, -0.1) is 10.2 Å². The number of cyclic esters (lactones) is 1. The highest BCUT2D eigenvalue weighted by Gasteiger charge is 2.48. The number of rotatable bonds is 6. The van der Waals surface area contributed by atoms with Crippen LogP contribution in [0.25, 0.3) is 0 Å². The Morgan fingerprint density at radius 1 is 1.65 bits per heavy atom. The summed E-state index contributed by atoms with van der Waals surface area (Å²) >= 11 is 1.32. The van der Waals surface area contributed by atoms with Gasteiger partial charge in [0.1, 0.15) is 5.51 Å². The van der Waals surface area contributed by atoms with E-state index in [1.54, 1.807) is 12.4 Å². The molecule has 1 fully saturated rings. The van der Waals surface area contributed by atoms with Crippen LogP contribution in [0.2, 0.25) is 0 Å². The van der Waals surface area contributed by atoms with E-state index in [2.05, 4.69) is 29.4 Å². The average Bonchev–Trinajstić information content (AvgIpc) is 2.95. The Kier molecular flexibility index (Phi) is 4.37. The molecule has 1 N–H and O–H groups in total. The van der Waals surface area contributed by atoms with E-state index in [1.807, 2.05) is 0 Å². The van der Waals surface area contributed by atoms with Gasteiger partial charge in [-0.1, -0.05) is 25.2 Å². The Morgan fingerprint density at radius 3 is 3.00 bits per heavy atom. The Labute approximate surface area is 121 Å². The van der Waals surface area contributed by atoms with Crippen molar-refractivity contribution in [2.75, 3.05) is 11.9 Å². The third-order valence-corrected chi connectivity index (χ3v) is 4.05. The van der Waals surface area contributed by atoms with Gasteiger partial charge in [0.2, 0.25) is 5.13 Å². The molecule has 1 aromatic rings. The van der Waals surface area contributed by atoms with Crippen LogP contribution in [0.1, 0.15) is 33.6 Å². The summed E-state index contributed by atoms with van der Waals surface area (Å²) in [5.74, 6) is -0.159. The molecule has 2 heterocycles. The van der Waals surface area contributed by atoms with E-state index in [0.717, 1.165) is 6.42 Å². The number of nitrogens with one attached hydrogen (secondary N) is 1. The number of hydrogen-bond donors (Lipinski definition) is 1. The molecule has 0 saturated carbocycles. The van der Waals surface area contributed by atoms with E-state index in [4.69, 9.17) is 4.74 Å². The molecule has 1 aliphatic rings. The minimum absolute atomic E-state index is 0.0906. The molecule has 0 amide bonds. The van der Waals surface area contributed by atoms with Crippen molar-refractivity contribution in [3.05, 3.63) is 5.51 Å². The third kappa shape index (κ3) is 3.33. The minimum Gasteiger partial charge on any atom is -0.451 e. The predicted molar refractivity (Wildman–Crippen MR) is 75.5 cm³/mol. The van der Waals surface area contributed by atoms with Gasteiger partial charge in [0, 0.05) is 6.42 Å². The smallest absolute Gasteiger partial charge is 0.310 e. The van der Waals surface area contributed by atoms with E-state index in [0.29, 0.717) is 17.5 Å². The standard InChI is InChI=1S/C13H19N3O3S/c1-8(2)4-9-5-13(3,19-11(9)18)10(17)6-14-12-16-15-7-20-12/h7-9H,4-6H2,1-3H3,(H,14,16). The molecule has 2 atom stereocenters. The summed E-state index contributed by atoms with van der Waals surface area (Å²) in [6.45, 7) is 5.90. The van der Waals surface area contributed by atoms with Crippen molar-refractivity contribution in [2.45, 2.75) is 39.2 Å². The molecule has 2 unspecified atom stereocenters. The van der Waals surface area contributed by atoms with Crippen LogP contribution < -0.4 is 5.32 Å². The first kappa shape index (κ1) is 14.9. The summed E-state index contributed by atoms with van der Waals surface area (Å²) in [6.07, 6.45) is 1.21. The second kappa shape index (κ2) is 5.87. The minimum atomic E-state index is -1.02. The lowest BCUT2D eigenvalue weighted by Crippen LogP contribution is -2.39. The van der Waals surface area contributed by atoms with Crippen LogP contribution in [0.3, 0.4) is 0 Å². The normalized spacial score (nSPS) is 25.8. The number of ether oxygens (including phenoxy) is 1. The molecule has 110 valence electrons. The van der Waals surface area contributed by atoms with Crippen LogP contribution in [-0.2, 0) is 14.3 Å². The van der Waals surface area contributed by atoms with Gasteiger partial charge in [0.15, 0.2) is 11.4 Å². The number of aromatic nitrogens is 2. The molecular formula is C13H19N3O3S. The average molecular weight is 297 g/mol. The molecule has 0 bridgehead atoms. The second-order valence-corrected chi connectivity index (χ2v) is 6.54. The molecular weight excluding hydrogens is 278 g/mol. The van der Waals surface area contributed by atoms with Crippen molar-refractivity contribution in [2.24, 2.45) is 11.8 Å². The molecule has 6 nitrogen and oxygen atoms in total. The van der Waals surface area contributed by atoms with E-state index < -0.39 is 5.60 Å². The van der Waals surface area contributed by atoms with Gasteiger partial charge in [-0.05, 0) is 19.3 Å². The lowest BCUT2D eigenvalue weighted by molar-refractivity contribution is -0.156. The molecule has 0 spiro atoms. The van der Waals surface area contributed by atoms with Crippen molar-refractivity contribution in [1.29, 1.82) is 0 Å². The Hall–Kier alpha value is -1.50. The van der Waals surface area contributed by atoms with E-state index in [-0.39, 0.29) is 24.2 Å². The summed E-state index contributed by atoms with van der Waals surface area (Å²) in [4.78, 5) is 24.1. The van der Waals surface area contributed by atoms with E-state index in [1.165, 1.54) is 11.3 Å². The molecule has 0 aliphatic carbocycles. The number of anilines is 1. The van der Waals surface area contributed by atoms with Gasteiger partial charge in [-0.2, -0.15) is 0 Å². The highest BCUT2D eigenvalue weighted by molar-refractivity contribution is 7.13. The second-order valence-electron chi connectivity index (χ2n) is 5.70. The third-order valence-electron chi connectivity index (χ3n) is 3.40. The van der Waals surface area contributed by atoms with Crippen LogP contribution in [-0.4, -0.2) is 34.1 Å². The Balaban J connectivity index is 1.93. The lowest BCUT2D eigenvalue weighted by Gasteiger charge is -2.21. The predicted octanol–water partition coefficient (Wildman–Crippen LogP) is 1.89. The molecule has 7 heteroatoms. The maximum absolute atomic E-state index is 12.3. The first-order valence-electron chi connectivity index (χ1n) is 6.67. The van der Waals surface area contributed by atoms with Crippen LogP contribution in [0, 0.1) is 11.8 Å². The van der Waals surface area contributed by atoms with Crippen molar-refractivity contribution >= 4 is 28.2 Å². The molecule has 1 aromatic heterocycles. The first-order chi connectivity index (χ1) is 9.40. The maximum atomic E-state index is 12.3. The number of carbonyl (C=O) groups excluding carboxylic acids is 2. The van der Waals surface area contributed by atoms with E-state index in [9.17, 15) is 9.59 Å². The summed E-state index contributed by atoms with van der Waals surface area (Å²) < 4.78 is 5.33. The fourth-order valence-corrected chi connectivity index (χ4v) is 2.86. The largest absolute Gasteiger partial charge is 0.451 e. The highest BCUT2D eigenvalue weighted by Crippen LogP contribution is 2.35. The van der Waals surface area contributed by atoms with Gasteiger partial charge < -0.3 is 10.1 Å². The van der Waals surface area contributed by atoms with Gasteiger partial charge in [0.05, 0.1) is 12.5 Å². The zero-order chi connectivity index (χ0) is 14.8. The highest BCUT2D eigenvalue weighted by atomic mass is 32.1. The van der Waals surface area contributed by atoms with Crippen molar-refractivity contribution in [3.63, 3.8) is 0 Å². The topological polar surface area (TPSA) is 81.2 Å². The Bertz CT molecular complexity index is 489. The number of ketones is 1. The molecule has 0 aromatic carbocycles. The molecule has 2 rings (SSSR count). The monoisotopic (exact) mass is 297 g/mol. The molecule has 20 heavy (non-hydrogen) atoms. The van der Waals surface area contributed by atoms with E-state index >= 15 is 0 Å². The number of Topliss-reactive ketones (excluding diaryl/α,β-unsaturated/α-hetero) is 1. The zero-order valence-electron chi connectivity index (χ0n) is 11.9. The number of carbonyl (C=O) groups is 2. The first-order valence-corrected chi connectivity index (χ1v) is 7.55. The molecule has 0 radical (unpaired) electrons. The SMILES string of the molecule is CC(C)CC1CC(C)(C(=O)CNc2nncs2)OC1=O. The maximum Gasteiger partial charge on any atom is 0.310 e. The van der Waals surface area contributed by atoms with Crippen molar-refractivity contribution in [3.8, 4) is 0 Å². The summed E-state index contributed by atoms with van der Waals surface area (Å²) in [7, 11) is 0. The van der Waals surface area contributed by atoms with Gasteiger partial charge in [-0.3, -0.25) is 9.59 Å². The van der Waals surface area contributed by atoms with Crippen molar-refractivity contribution < 1.29 is 14.3 Å². The fraction of sp³-hybridized carbons (Fsp3) is 0.692. The number of hydrogen-bond acceptors (Lipinski definition) is 7. The molecule has 1 saturated heterocycles. The van der Waals surface area contributed by atoms with Gasteiger partial charge in [-0.25, -0.2) is 0 Å². The Morgan fingerprint density at radius 2 is 2.40 bits per heavy atom. The zero-order valence-corrected chi connectivity index (χ0v) is 12.7. The van der Waals surface area contributed by atoms with Crippen molar-refractivity contribution in [1.82, 2.24) is 10.2 Å². The molecule has 1 aliphatic heterocycles. The van der Waals surface area contributed by atoms with Crippen LogP contribution in [0.15, 0.2) is 5.51 Å². The lowest BCUT2D eigenvalue weighted by atomic mass is 9.87. The number of esters is 1. The number of nitrogens with zero attached hydrogens (tertiary/aromatic N) is 2. The summed E-state index contributed by atoms with van der Waals surface area (Å²) in [5, 5.41) is 11.0. The van der Waals surface area contributed by atoms with Crippen LogP contribution in [0.5, 0.6) is 0 Å². The quantitative estimate of drug-likeness (QED) is 0.808. The summed E-state index contributed by atoms with van der Waals surface area (Å²) in [6, 6.07) is 0. The fourth-order valence-electron chi connectivity index (χ4n) is 2.41. The van der Waals surface area contributed by atoms with Gasteiger partial charge >= 0.3 is 5.97 Å². The van der Waals surface area contributed by atoms with Gasteiger partial charge in [0.25, 0.3) is 0 Å². The summed E-state index contributed by atoms with van der Waals surface area (Å²) in [5.41, 5.74) is 0.567. The van der Waals surface area contributed by atoms with Crippen LogP contribution in [0.4, 0.5) is 5.13 Å².